The summed E-state index contributed by atoms with van der Waals surface area (Å²) in [5, 5.41) is 0.531. The van der Waals surface area contributed by atoms with E-state index in [-0.39, 0.29) is 11.6 Å². The number of rotatable bonds is 2. The Morgan fingerprint density at radius 1 is 1.23 bits per heavy atom. The highest BCUT2D eigenvalue weighted by atomic mass is 35.5. The molecule has 2 heterocycles. The summed E-state index contributed by atoms with van der Waals surface area (Å²) in [6.45, 7) is 5.87. The standard InChI is InChI=1S/C17H16ClN3O/c1-10(2)21-16-14(5-4-8-19-16)20-15(17(21)22)12-7-6-11(3)9-13(12)18/h4-10H,1-3H3. The summed E-state index contributed by atoms with van der Waals surface area (Å²) < 4.78 is 1.66. The number of nitrogens with zero attached hydrogens (tertiary/aromatic N) is 3. The van der Waals surface area contributed by atoms with Crippen molar-refractivity contribution in [2.75, 3.05) is 0 Å². The minimum atomic E-state index is -0.174. The number of aromatic nitrogens is 3. The Morgan fingerprint density at radius 3 is 2.68 bits per heavy atom. The third-order valence-electron chi connectivity index (χ3n) is 3.54. The van der Waals surface area contributed by atoms with Gasteiger partial charge in [0.2, 0.25) is 0 Å². The van der Waals surface area contributed by atoms with Crippen molar-refractivity contribution in [2.45, 2.75) is 26.8 Å². The first-order valence-corrected chi connectivity index (χ1v) is 7.50. The Bertz CT molecular complexity index is 915. The molecule has 0 saturated carbocycles. The van der Waals surface area contributed by atoms with Crippen molar-refractivity contribution in [3.63, 3.8) is 0 Å². The Hall–Kier alpha value is -2.20. The molecule has 0 fully saturated rings. The molecule has 0 saturated heterocycles. The molecule has 0 atom stereocenters. The number of halogens is 1. The highest BCUT2D eigenvalue weighted by Gasteiger charge is 2.17. The summed E-state index contributed by atoms with van der Waals surface area (Å²) in [5.74, 6) is 0. The second-order valence-electron chi connectivity index (χ2n) is 5.56. The molecule has 5 heteroatoms. The molecule has 0 radical (unpaired) electrons. The molecule has 2 aromatic heterocycles. The Morgan fingerprint density at radius 2 is 2.00 bits per heavy atom. The summed E-state index contributed by atoms with van der Waals surface area (Å²) in [4.78, 5) is 21.7. The van der Waals surface area contributed by atoms with Gasteiger partial charge in [-0.15, -0.1) is 0 Å². The molecular weight excluding hydrogens is 298 g/mol. The van der Waals surface area contributed by atoms with E-state index in [1.165, 1.54) is 0 Å². The van der Waals surface area contributed by atoms with Crippen molar-refractivity contribution < 1.29 is 0 Å². The van der Waals surface area contributed by atoms with Crippen LogP contribution >= 0.6 is 11.6 Å². The second kappa shape index (κ2) is 5.54. The zero-order valence-corrected chi connectivity index (χ0v) is 13.4. The first kappa shape index (κ1) is 14.7. The molecule has 0 bridgehead atoms. The fraction of sp³-hybridized carbons (Fsp3) is 0.235. The van der Waals surface area contributed by atoms with Gasteiger partial charge in [0, 0.05) is 17.8 Å². The van der Waals surface area contributed by atoms with E-state index in [2.05, 4.69) is 9.97 Å². The zero-order valence-electron chi connectivity index (χ0n) is 12.7. The Kier molecular flexibility index (Phi) is 3.71. The summed E-state index contributed by atoms with van der Waals surface area (Å²) in [6.07, 6.45) is 1.67. The maximum absolute atomic E-state index is 12.9. The molecule has 0 aliphatic heterocycles. The molecule has 4 nitrogen and oxygen atoms in total. The summed E-state index contributed by atoms with van der Waals surface area (Å²) in [6, 6.07) is 9.25. The van der Waals surface area contributed by atoms with Crippen LogP contribution in [-0.2, 0) is 0 Å². The van der Waals surface area contributed by atoms with E-state index in [4.69, 9.17) is 11.6 Å². The van der Waals surface area contributed by atoms with E-state index in [1.54, 1.807) is 10.8 Å². The van der Waals surface area contributed by atoms with Gasteiger partial charge >= 0.3 is 0 Å². The first-order valence-electron chi connectivity index (χ1n) is 7.13. The average Bonchev–Trinajstić information content (AvgIpc) is 2.46. The van der Waals surface area contributed by atoms with Crippen LogP contribution in [0.25, 0.3) is 22.4 Å². The molecule has 0 aliphatic carbocycles. The maximum Gasteiger partial charge on any atom is 0.279 e. The van der Waals surface area contributed by atoms with Gasteiger partial charge in [0.05, 0.1) is 5.02 Å². The van der Waals surface area contributed by atoms with E-state index in [0.29, 0.717) is 27.4 Å². The van der Waals surface area contributed by atoms with Crippen LogP contribution in [0.4, 0.5) is 0 Å². The van der Waals surface area contributed by atoms with Crippen LogP contribution in [0, 0.1) is 6.92 Å². The van der Waals surface area contributed by atoms with Gasteiger partial charge in [0.15, 0.2) is 5.65 Å². The van der Waals surface area contributed by atoms with Gasteiger partial charge < -0.3 is 0 Å². The van der Waals surface area contributed by atoms with Crippen molar-refractivity contribution in [1.29, 1.82) is 0 Å². The van der Waals surface area contributed by atoms with E-state index in [1.807, 2.05) is 51.1 Å². The normalized spacial score (nSPS) is 11.3. The van der Waals surface area contributed by atoms with Crippen LogP contribution in [0.3, 0.4) is 0 Å². The summed E-state index contributed by atoms with van der Waals surface area (Å²) in [7, 11) is 0. The first-order chi connectivity index (χ1) is 10.5. The Balaban J connectivity index is 2.40. The van der Waals surface area contributed by atoms with Crippen LogP contribution in [0.2, 0.25) is 5.02 Å². The highest BCUT2D eigenvalue weighted by molar-refractivity contribution is 6.33. The predicted molar refractivity (Wildman–Crippen MR) is 89.4 cm³/mol. The molecule has 3 aromatic rings. The van der Waals surface area contributed by atoms with Crippen molar-refractivity contribution >= 4 is 22.8 Å². The third-order valence-corrected chi connectivity index (χ3v) is 3.86. The van der Waals surface area contributed by atoms with Crippen molar-refractivity contribution in [3.05, 3.63) is 57.5 Å². The lowest BCUT2D eigenvalue weighted by atomic mass is 10.1. The fourth-order valence-corrected chi connectivity index (χ4v) is 2.83. The van der Waals surface area contributed by atoms with E-state index in [9.17, 15) is 4.79 Å². The number of hydrogen-bond acceptors (Lipinski definition) is 3. The lowest BCUT2D eigenvalue weighted by Gasteiger charge is -2.15. The smallest absolute Gasteiger partial charge is 0.279 e. The van der Waals surface area contributed by atoms with Gasteiger partial charge in [-0.05, 0) is 44.5 Å². The third kappa shape index (κ3) is 2.40. The number of benzene rings is 1. The quantitative estimate of drug-likeness (QED) is 0.718. The highest BCUT2D eigenvalue weighted by Crippen LogP contribution is 2.26. The topological polar surface area (TPSA) is 47.8 Å². The number of pyridine rings is 1. The molecule has 0 aliphatic rings. The molecule has 0 spiro atoms. The van der Waals surface area contributed by atoms with Gasteiger partial charge in [-0.1, -0.05) is 23.7 Å². The molecular formula is C17H16ClN3O. The van der Waals surface area contributed by atoms with Gasteiger partial charge in [0.25, 0.3) is 5.56 Å². The van der Waals surface area contributed by atoms with Crippen molar-refractivity contribution in [1.82, 2.24) is 14.5 Å². The molecule has 0 N–H and O–H groups in total. The molecule has 1 aromatic carbocycles. The maximum atomic E-state index is 12.9. The van der Waals surface area contributed by atoms with Crippen molar-refractivity contribution in [3.8, 4) is 11.3 Å². The van der Waals surface area contributed by atoms with Crippen LogP contribution in [-0.4, -0.2) is 14.5 Å². The van der Waals surface area contributed by atoms with E-state index >= 15 is 0 Å². The van der Waals surface area contributed by atoms with E-state index in [0.717, 1.165) is 5.56 Å². The second-order valence-corrected chi connectivity index (χ2v) is 5.97. The molecule has 0 unspecified atom stereocenters. The van der Waals surface area contributed by atoms with Crippen molar-refractivity contribution in [2.24, 2.45) is 0 Å². The van der Waals surface area contributed by atoms with Gasteiger partial charge in [-0.3, -0.25) is 9.36 Å². The lowest BCUT2D eigenvalue weighted by molar-refractivity contribution is 0.594. The number of aryl methyl sites for hydroxylation is 1. The molecule has 3 rings (SSSR count). The van der Waals surface area contributed by atoms with Crippen LogP contribution in [0.1, 0.15) is 25.5 Å². The minimum absolute atomic E-state index is 0.0177. The van der Waals surface area contributed by atoms with Gasteiger partial charge in [-0.2, -0.15) is 0 Å². The predicted octanol–water partition coefficient (Wildman–Crippen LogP) is 4.00. The van der Waals surface area contributed by atoms with Crippen LogP contribution in [0.5, 0.6) is 0 Å². The van der Waals surface area contributed by atoms with E-state index < -0.39 is 0 Å². The van der Waals surface area contributed by atoms with Gasteiger partial charge in [-0.25, -0.2) is 9.97 Å². The molecule has 0 amide bonds. The summed E-state index contributed by atoms with van der Waals surface area (Å²) >= 11 is 6.32. The zero-order chi connectivity index (χ0) is 15.9. The number of fused-ring (bicyclic) bond motifs is 1. The number of hydrogen-bond donors (Lipinski definition) is 0. The lowest BCUT2D eigenvalue weighted by Crippen LogP contribution is -2.26. The fourth-order valence-electron chi connectivity index (χ4n) is 2.51. The van der Waals surface area contributed by atoms with Gasteiger partial charge in [0.1, 0.15) is 11.2 Å². The minimum Gasteiger partial charge on any atom is -0.287 e. The Labute approximate surface area is 133 Å². The summed E-state index contributed by atoms with van der Waals surface area (Å²) in [5.41, 5.74) is 3.15. The van der Waals surface area contributed by atoms with Crippen LogP contribution in [0.15, 0.2) is 41.3 Å². The molecule has 112 valence electrons. The van der Waals surface area contributed by atoms with Crippen LogP contribution < -0.4 is 5.56 Å². The average molecular weight is 314 g/mol. The SMILES string of the molecule is Cc1ccc(-c2nc3cccnc3n(C(C)C)c2=O)c(Cl)c1. The monoisotopic (exact) mass is 313 g/mol. The largest absolute Gasteiger partial charge is 0.287 e. The molecule has 22 heavy (non-hydrogen) atoms.